The molecule has 0 unspecified atom stereocenters. The van der Waals surface area contributed by atoms with Crippen molar-refractivity contribution in [2.75, 3.05) is 7.11 Å². The highest BCUT2D eigenvalue weighted by molar-refractivity contribution is 5.93. The fourth-order valence-electron chi connectivity index (χ4n) is 1.49. The van der Waals surface area contributed by atoms with Gasteiger partial charge in [-0.3, -0.25) is 4.79 Å². The molecule has 0 bridgehead atoms. The summed E-state index contributed by atoms with van der Waals surface area (Å²) in [4.78, 5) is 22.0. The molecule has 0 aliphatic heterocycles. The van der Waals surface area contributed by atoms with Gasteiger partial charge >= 0.3 is 11.9 Å². The Bertz CT molecular complexity index is 460. The van der Waals surface area contributed by atoms with Crippen molar-refractivity contribution in [3.8, 4) is 0 Å². The number of aromatic carboxylic acids is 1. The van der Waals surface area contributed by atoms with Crippen molar-refractivity contribution in [1.29, 1.82) is 0 Å². The SMILES string of the molecule is COC(=O)CC=Cc1cccc(C)c1C(=O)O. The molecule has 0 heterocycles. The summed E-state index contributed by atoms with van der Waals surface area (Å²) in [6.07, 6.45) is 3.34. The Kier molecular flexibility index (Phi) is 4.46. The van der Waals surface area contributed by atoms with Gasteiger partial charge in [0, 0.05) is 0 Å². The summed E-state index contributed by atoms with van der Waals surface area (Å²) in [5.74, 6) is -1.33. The number of aryl methyl sites for hydroxylation is 1. The van der Waals surface area contributed by atoms with Gasteiger partial charge in [0.05, 0.1) is 19.1 Å². The Balaban J connectivity index is 2.95. The number of ether oxygens (including phenoxy) is 1. The highest BCUT2D eigenvalue weighted by atomic mass is 16.5. The van der Waals surface area contributed by atoms with Crippen molar-refractivity contribution in [2.24, 2.45) is 0 Å². The maximum atomic E-state index is 11.1. The number of hydrogen-bond acceptors (Lipinski definition) is 3. The standard InChI is InChI=1S/C13H14O4/c1-9-5-3-6-10(12(9)13(15)16)7-4-8-11(14)17-2/h3-7H,8H2,1-2H3,(H,15,16). The van der Waals surface area contributed by atoms with Gasteiger partial charge in [0.2, 0.25) is 0 Å². The summed E-state index contributed by atoms with van der Waals surface area (Å²) in [5, 5.41) is 9.08. The molecule has 0 aliphatic carbocycles. The number of carboxylic acid groups (broad SMARTS) is 1. The molecule has 0 atom stereocenters. The number of carboxylic acids is 1. The summed E-state index contributed by atoms with van der Waals surface area (Å²) in [5.41, 5.74) is 1.53. The number of benzene rings is 1. The van der Waals surface area contributed by atoms with Gasteiger partial charge in [-0.2, -0.15) is 0 Å². The van der Waals surface area contributed by atoms with Crippen LogP contribution < -0.4 is 0 Å². The highest BCUT2D eigenvalue weighted by Gasteiger charge is 2.10. The minimum absolute atomic E-state index is 0.128. The number of rotatable bonds is 4. The first-order valence-electron chi connectivity index (χ1n) is 5.12. The lowest BCUT2D eigenvalue weighted by atomic mass is 10.0. The monoisotopic (exact) mass is 234 g/mol. The molecule has 1 rings (SSSR count). The lowest BCUT2D eigenvalue weighted by Crippen LogP contribution is -2.02. The lowest BCUT2D eigenvalue weighted by molar-refractivity contribution is -0.139. The van der Waals surface area contributed by atoms with E-state index in [-0.39, 0.29) is 18.0 Å². The molecule has 0 saturated carbocycles. The van der Waals surface area contributed by atoms with Crippen molar-refractivity contribution in [3.05, 3.63) is 41.0 Å². The summed E-state index contributed by atoms with van der Waals surface area (Å²) in [6, 6.07) is 5.21. The van der Waals surface area contributed by atoms with Crippen molar-refractivity contribution in [2.45, 2.75) is 13.3 Å². The molecule has 1 N–H and O–H groups in total. The van der Waals surface area contributed by atoms with Crippen molar-refractivity contribution >= 4 is 18.0 Å². The second-order valence-corrected chi connectivity index (χ2v) is 3.53. The van der Waals surface area contributed by atoms with Crippen LogP contribution >= 0.6 is 0 Å². The van der Waals surface area contributed by atoms with Crippen LogP contribution in [-0.4, -0.2) is 24.2 Å². The third-order valence-electron chi connectivity index (χ3n) is 2.33. The number of carbonyl (C=O) groups excluding carboxylic acids is 1. The smallest absolute Gasteiger partial charge is 0.336 e. The third kappa shape index (κ3) is 3.45. The van der Waals surface area contributed by atoms with E-state index in [1.54, 1.807) is 37.3 Å². The molecule has 0 fully saturated rings. The molecule has 0 saturated heterocycles. The van der Waals surface area contributed by atoms with Gasteiger partial charge in [-0.25, -0.2) is 4.79 Å². The van der Waals surface area contributed by atoms with E-state index in [1.165, 1.54) is 7.11 Å². The predicted molar refractivity (Wildman–Crippen MR) is 63.8 cm³/mol. The molecule has 0 spiro atoms. The van der Waals surface area contributed by atoms with E-state index in [9.17, 15) is 9.59 Å². The van der Waals surface area contributed by atoms with E-state index in [0.29, 0.717) is 11.1 Å². The van der Waals surface area contributed by atoms with Crippen LogP contribution in [0.1, 0.15) is 27.9 Å². The fraction of sp³-hybridized carbons (Fsp3) is 0.231. The maximum Gasteiger partial charge on any atom is 0.336 e. The van der Waals surface area contributed by atoms with Gasteiger partial charge in [-0.05, 0) is 18.1 Å². The van der Waals surface area contributed by atoms with Gasteiger partial charge in [0.25, 0.3) is 0 Å². The van der Waals surface area contributed by atoms with Crippen LogP contribution in [0.4, 0.5) is 0 Å². The van der Waals surface area contributed by atoms with Crippen molar-refractivity contribution in [1.82, 2.24) is 0 Å². The Hall–Kier alpha value is -2.10. The Labute approximate surface area is 99.5 Å². The molecule has 0 aliphatic rings. The normalized spacial score (nSPS) is 10.5. The van der Waals surface area contributed by atoms with Crippen LogP contribution in [0, 0.1) is 6.92 Å². The Morgan fingerprint density at radius 1 is 1.41 bits per heavy atom. The number of esters is 1. The summed E-state index contributed by atoms with van der Waals surface area (Å²) in [7, 11) is 1.31. The zero-order valence-electron chi connectivity index (χ0n) is 9.77. The van der Waals surface area contributed by atoms with Crippen LogP contribution in [-0.2, 0) is 9.53 Å². The van der Waals surface area contributed by atoms with Crippen LogP contribution in [0.15, 0.2) is 24.3 Å². The highest BCUT2D eigenvalue weighted by Crippen LogP contribution is 2.16. The van der Waals surface area contributed by atoms with Gasteiger partial charge in [0.15, 0.2) is 0 Å². The van der Waals surface area contributed by atoms with Crippen LogP contribution in [0.25, 0.3) is 6.08 Å². The molecule has 0 radical (unpaired) electrons. The summed E-state index contributed by atoms with van der Waals surface area (Å²) >= 11 is 0. The molecule has 90 valence electrons. The van der Waals surface area contributed by atoms with Crippen LogP contribution in [0.5, 0.6) is 0 Å². The van der Waals surface area contributed by atoms with E-state index in [1.807, 2.05) is 0 Å². The number of carbonyl (C=O) groups is 2. The largest absolute Gasteiger partial charge is 0.478 e. The average Bonchev–Trinajstić information content (AvgIpc) is 2.28. The predicted octanol–water partition coefficient (Wildman–Crippen LogP) is 2.27. The van der Waals surface area contributed by atoms with Gasteiger partial charge in [0.1, 0.15) is 0 Å². The first-order valence-corrected chi connectivity index (χ1v) is 5.12. The number of methoxy groups -OCH3 is 1. The van der Waals surface area contributed by atoms with E-state index in [0.717, 1.165) is 0 Å². The maximum absolute atomic E-state index is 11.1. The quantitative estimate of drug-likeness (QED) is 0.812. The Morgan fingerprint density at radius 2 is 2.12 bits per heavy atom. The van der Waals surface area contributed by atoms with Crippen LogP contribution in [0.3, 0.4) is 0 Å². The van der Waals surface area contributed by atoms with E-state index in [2.05, 4.69) is 4.74 Å². The molecule has 1 aromatic carbocycles. The molecule has 17 heavy (non-hydrogen) atoms. The lowest BCUT2D eigenvalue weighted by Gasteiger charge is -2.04. The molecule has 1 aromatic rings. The first-order chi connectivity index (χ1) is 8.06. The van der Waals surface area contributed by atoms with E-state index >= 15 is 0 Å². The van der Waals surface area contributed by atoms with Crippen molar-refractivity contribution in [3.63, 3.8) is 0 Å². The molecule has 4 heteroatoms. The minimum Gasteiger partial charge on any atom is -0.478 e. The molecule has 0 amide bonds. The van der Waals surface area contributed by atoms with Gasteiger partial charge < -0.3 is 9.84 Å². The second kappa shape index (κ2) is 5.84. The molecule has 4 nitrogen and oxygen atoms in total. The third-order valence-corrected chi connectivity index (χ3v) is 2.33. The second-order valence-electron chi connectivity index (χ2n) is 3.53. The fourth-order valence-corrected chi connectivity index (χ4v) is 1.49. The van der Waals surface area contributed by atoms with Crippen molar-refractivity contribution < 1.29 is 19.4 Å². The van der Waals surface area contributed by atoms with Gasteiger partial charge in [-0.15, -0.1) is 0 Å². The van der Waals surface area contributed by atoms with Gasteiger partial charge in [-0.1, -0.05) is 30.4 Å². The Morgan fingerprint density at radius 3 is 2.71 bits per heavy atom. The number of hydrogen-bond donors (Lipinski definition) is 1. The summed E-state index contributed by atoms with van der Waals surface area (Å²) < 4.78 is 4.48. The molecular formula is C13H14O4. The molecule has 0 aromatic heterocycles. The zero-order valence-corrected chi connectivity index (χ0v) is 9.77. The van der Waals surface area contributed by atoms with E-state index < -0.39 is 5.97 Å². The molecular weight excluding hydrogens is 220 g/mol. The topological polar surface area (TPSA) is 63.6 Å². The van der Waals surface area contributed by atoms with E-state index in [4.69, 9.17) is 5.11 Å². The summed E-state index contributed by atoms with van der Waals surface area (Å²) in [6.45, 7) is 1.74. The van der Waals surface area contributed by atoms with Crippen LogP contribution in [0.2, 0.25) is 0 Å². The average molecular weight is 234 g/mol. The first kappa shape index (κ1) is 13.0. The minimum atomic E-state index is -0.971. The zero-order chi connectivity index (χ0) is 12.8.